The van der Waals surface area contributed by atoms with E-state index in [0.29, 0.717) is 24.6 Å². The Balaban J connectivity index is 1.89. The lowest BCUT2D eigenvalue weighted by atomic mass is 9.92. The molecule has 5 nitrogen and oxygen atoms in total. The third-order valence-corrected chi connectivity index (χ3v) is 6.29. The van der Waals surface area contributed by atoms with Crippen LogP contribution in [0.3, 0.4) is 0 Å². The monoisotopic (exact) mass is 442 g/mol. The van der Waals surface area contributed by atoms with E-state index in [0.717, 1.165) is 16.3 Å². The molecule has 0 aromatic heterocycles. The molecule has 5 heteroatoms. The van der Waals surface area contributed by atoms with Crippen molar-refractivity contribution in [2.24, 2.45) is 0 Å². The van der Waals surface area contributed by atoms with Gasteiger partial charge in [0.1, 0.15) is 5.76 Å². The number of benzene rings is 3. The highest BCUT2D eigenvalue weighted by Gasteiger charge is 2.46. The lowest BCUT2D eigenvalue weighted by Gasteiger charge is -2.27. The van der Waals surface area contributed by atoms with Crippen molar-refractivity contribution in [3.8, 4) is 0 Å². The lowest BCUT2D eigenvalue weighted by molar-refractivity contribution is -0.140. The predicted octanol–water partition coefficient (Wildman–Crippen LogP) is 4.95. The van der Waals surface area contributed by atoms with Crippen LogP contribution in [0.4, 0.5) is 0 Å². The second-order valence-electron chi connectivity index (χ2n) is 9.14. The topological polar surface area (TPSA) is 60.9 Å². The first-order valence-electron chi connectivity index (χ1n) is 11.3. The SMILES string of the molecule is CC(C)c1ccc(C2/C(=C(/O)c3cccc4ccccc34)C(=O)C(=O)N2CCN(C)C)cc1. The van der Waals surface area contributed by atoms with Gasteiger partial charge in [0.25, 0.3) is 11.7 Å². The summed E-state index contributed by atoms with van der Waals surface area (Å²) in [5.41, 5.74) is 2.70. The number of nitrogens with zero attached hydrogens (tertiary/aromatic N) is 2. The molecule has 3 aromatic carbocycles. The van der Waals surface area contributed by atoms with E-state index in [1.54, 1.807) is 11.0 Å². The number of fused-ring (bicyclic) bond motifs is 1. The summed E-state index contributed by atoms with van der Waals surface area (Å²) in [6.07, 6.45) is 0. The van der Waals surface area contributed by atoms with E-state index in [4.69, 9.17) is 0 Å². The van der Waals surface area contributed by atoms with Gasteiger partial charge in [0.2, 0.25) is 0 Å². The minimum atomic E-state index is -0.642. The van der Waals surface area contributed by atoms with E-state index in [1.807, 2.05) is 79.7 Å². The number of aliphatic hydroxyl groups is 1. The summed E-state index contributed by atoms with van der Waals surface area (Å²) in [5, 5.41) is 13.2. The molecule has 1 aliphatic heterocycles. The Morgan fingerprint density at radius 3 is 2.30 bits per heavy atom. The third-order valence-electron chi connectivity index (χ3n) is 6.29. The van der Waals surface area contributed by atoms with Gasteiger partial charge in [-0.2, -0.15) is 0 Å². The molecule has 0 bridgehead atoms. The number of Topliss-reactive ketones (excluding diaryl/α,β-unsaturated/α-hetero) is 1. The Labute approximate surface area is 194 Å². The molecule has 1 aliphatic rings. The van der Waals surface area contributed by atoms with E-state index >= 15 is 0 Å². The fourth-order valence-electron chi connectivity index (χ4n) is 4.41. The molecule has 1 fully saturated rings. The maximum atomic E-state index is 13.2. The van der Waals surface area contributed by atoms with E-state index in [9.17, 15) is 14.7 Å². The number of carbonyl (C=O) groups excluding carboxylic acids is 2. The zero-order valence-corrected chi connectivity index (χ0v) is 19.6. The number of aliphatic hydroxyl groups excluding tert-OH is 1. The van der Waals surface area contributed by atoms with Crippen LogP contribution in [0.1, 0.15) is 42.5 Å². The molecule has 4 rings (SSSR count). The van der Waals surface area contributed by atoms with Crippen LogP contribution in [0.2, 0.25) is 0 Å². The van der Waals surface area contributed by atoms with Crippen molar-refractivity contribution in [1.82, 2.24) is 9.80 Å². The van der Waals surface area contributed by atoms with Crippen LogP contribution in [0.5, 0.6) is 0 Å². The maximum absolute atomic E-state index is 13.2. The average Bonchev–Trinajstić information content (AvgIpc) is 3.06. The summed E-state index contributed by atoms with van der Waals surface area (Å²) >= 11 is 0. The molecular weight excluding hydrogens is 412 g/mol. The highest BCUT2D eigenvalue weighted by molar-refractivity contribution is 6.46. The lowest BCUT2D eigenvalue weighted by Crippen LogP contribution is -2.35. The van der Waals surface area contributed by atoms with Crippen LogP contribution in [0, 0.1) is 0 Å². The summed E-state index contributed by atoms with van der Waals surface area (Å²) in [5.74, 6) is -0.973. The summed E-state index contributed by atoms with van der Waals surface area (Å²) in [6, 6.07) is 20.7. The Kier molecular flexibility index (Phi) is 6.34. The summed E-state index contributed by atoms with van der Waals surface area (Å²) < 4.78 is 0. The van der Waals surface area contributed by atoms with Crippen LogP contribution in [-0.2, 0) is 9.59 Å². The van der Waals surface area contributed by atoms with Gasteiger partial charge in [-0.15, -0.1) is 0 Å². The van der Waals surface area contributed by atoms with Gasteiger partial charge >= 0.3 is 0 Å². The number of ketones is 1. The molecule has 1 N–H and O–H groups in total. The Bertz CT molecular complexity index is 1220. The van der Waals surface area contributed by atoms with Crippen molar-refractivity contribution < 1.29 is 14.7 Å². The first-order valence-corrected chi connectivity index (χ1v) is 11.3. The first kappa shape index (κ1) is 22.7. The molecule has 33 heavy (non-hydrogen) atoms. The van der Waals surface area contributed by atoms with Crippen LogP contribution < -0.4 is 0 Å². The van der Waals surface area contributed by atoms with Gasteiger partial charge in [-0.05, 0) is 41.9 Å². The number of carbonyl (C=O) groups is 2. The molecule has 170 valence electrons. The van der Waals surface area contributed by atoms with Crippen LogP contribution in [-0.4, -0.2) is 53.8 Å². The highest BCUT2D eigenvalue weighted by atomic mass is 16.3. The number of likely N-dealkylation sites (N-methyl/N-ethyl adjacent to an activating group) is 1. The van der Waals surface area contributed by atoms with Crippen molar-refractivity contribution in [3.05, 3.63) is 89.0 Å². The molecule has 0 saturated carbocycles. The maximum Gasteiger partial charge on any atom is 0.295 e. The van der Waals surface area contributed by atoms with Gasteiger partial charge in [0.05, 0.1) is 11.6 Å². The Morgan fingerprint density at radius 1 is 0.970 bits per heavy atom. The van der Waals surface area contributed by atoms with Crippen LogP contribution in [0.25, 0.3) is 16.5 Å². The quantitative estimate of drug-likeness (QED) is 0.333. The third kappa shape index (κ3) is 4.29. The highest BCUT2D eigenvalue weighted by Crippen LogP contribution is 2.40. The standard InChI is InChI=1S/C28H30N2O3/c1-18(2)19-12-14-21(15-13-19)25-24(27(32)28(33)30(25)17-16-29(3)4)26(31)23-11-7-9-20-8-5-6-10-22(20)23/h5-15,18,25,31H,16-17H2,1-4H3/b26-24-. The van der Waals surface area contributed by atoms with Crippen LogP contribution in [0.15, 0.2) is 72.3 Å². The van der Waals surface area contributed by atoms with E-state index in [-0.39, 0.29) is 11.3 Å². The number of hydrogen-bond donors (Lipinski definition) is 1. The fraction of sp³-hybridized carbons (Fsp3) is 0.286. The molecule has 1 amide bonds. The van der Waals surface area contributed by atoms with Gasteiger partial charge in [-0.25, -0.2) is 0 Å². The smallest absolute Gasteiger partial charge is 0.295 e. The molecule has 0 aliphatic carbocycles. The second kappa shape index (κ2) is 9.20. The number of likely N-dealkylation sites (tertiary alicyclic amines) is 1. The Morgan fingerprint density at radius 2 is 1.64 bits per heavy atom. The average molecular weight is 443 g/mol. The summed E-state index contributed by atoms with van der Waals surface area (Å²) in [6.45, 7) is 5.25. The second-order valence-corrected chi connectivity index (χ2v) is 9.14. The van der Waals surface area contributed by atoms with Gasteiger partial charge in [-0.3, -0.25) is 9.59 Å². The summed E-state index contributed by atoms with van der Waals surface area (Å²) in [4.78, 5) is 29.9. The number of amides is 1. The molecule has 1 heterocycles. The van der Waals surface area contributed by atoms with Crippen molar-refractivity contribution in [2.45, 2.75) is 25.8 Å². The minimum Gasteiger partial charge on any atom is -0.507 e. The molecule has 1 atom stereocenters. The normalized spacial score (nSPS) is 18.1. The molecule has 1 unspecified atom stereocenters. The van der Waals surface area contributed by atoms with E-state index < -0.39 is 17.7 Å². The molecular formula is C28H30N2O3. The van der Waals surface area contributed by atoms with E-state index in [1.165, 1.54) is 5.56 Å². The van der Waals surface area contributed by atoms with Gasteiger partial charge in [-0.1, -0.05) is 80.6 Å². The molecule has 3 aromatic rings. The number of rotatable bonds is 6. The van der Waals surface area contributed by atoms with Crippen molar-refractivity contribution in [2.75, 3.05) is 27.2 Å². The Hall–Kier alpha value is -3.44. The molecule has 0 spiro atoms. The largest absolute Gasteiger partial charge is 0.507 e. The van der Waals surface area contributed by atoms with E-state index in [2.05, 4.69) is 13.8 Å². The fourth-order valence-corrected chi connectivity index (χ4v) is 4.41. The zero-order chi connectivity index (χ0) is 23.7. The molecule has 0 radical (unpaired) electrons. The number of hydrogen-bond acceptors (Lipinski definition) is 4. The minimum absolute atomic E-state index is 0.129. The van der Waals surface area contributed by atoms with Gasteiger partial charge in [0, 0.05) is 18.7 Å². The van der Waals surface area contributed by atoms with Crippen molar-refractivity contribution in [1.29, 1.82) is 0 Å². The zero-order valence-electron chi connectivity index (χ0n) is 19.6. The predicted molar refractivity (Wildman–Crippen MR) is 132 cm³/mol. The first-order chi connectivity index (χ1) is 15.8. The van der Waals surface area contributed by atoms with Gasteiger partial charge < -0.3 is 14.9 Å². The van der Waals surface area contributed by atoms with Gasteiger partial charge in [0.15, 0.2) is 0 Å². The summed E-state index contributed by atoms with van der Waals surface area (Å²) in [7, 11) is 3.86. The van der Waals surface area contributed by atoms with Crippen molar-refractivity contribution in [3.63, 3.8) is 0 Å². The molecule has 1 saturated heterocycles. The van der Waals surface area contributed by atoms with Crippen molar-refractivity contribution >= 4 is 28.2 Å². The van der Waals surface area contributed by atoms with Crippen LogP contribution >= 0.6 is 0 Å².